The van der Waals surface area contributed by atoms with E-state index in [1.807, 2.05) is 0 Å². The highest BCUT2D eigenvalue weighted by molar-refractivity contribution is 7.89. The highest BCUT2D eigenvalue weighted by atomic mass is 35.5. The number of hydrogen-bond acceptors (Lipinski definition) is 3. The van der Waals surface area contributed by atoms with E-state index in [9.17, 15) is 12.8 Å². The van der Waals surface area contributed by atoms with Crippen LogP contribution in [0.4, 0.5) is 10.1 Å². The largest absolute Gasteiger partial charge is 0.285 e. The Bertz CT molecular complexity index is 1120. The van der Waals surface area contributed by atoms with E-state index in [0.29, 0.717) is 27.7 Å². The van der Waals surface area contributed by atoms with Crippen molar-refractivity contribution >= 4 is 38.9 Å². The molecule has 1 aliphatic heterocycles. The van der Waals surface area contributed by atoms with Crippen LogP contribution in [0, 0.1) is 5.82 Å². The van der Waals surface area contributed by atoms with Crippen LogP contribution in [0.1, 0.15) is 18.0 Å². The minimum atomic E-state index is -3.87. The number of hydrazine groups is 1. The van der Waals surface area contributed by atoms with Crippen LogP contribution < -0.4 is 5.01 Å². The molecule has 1 atom stereocenters. The molecule has 4 rings (SSSR count). The van der Waals surface area contributed by atoms with Gasteiger partial charge in [-0.2, -0.15) is 0 Å². The van der Waals surface area contributed by atoms with Crippen LogP contribution >= 0.6 is 23.2 Å². The molecule has 3 aromatic rings. The van der Waals surface area contributed by atoms with Crippen molar-refractivity contribution in [2.45, 2.75) is 17.4 Å². The summed E-state index contributed by atoms with van der Waals surface area (Å²) in [6.07, 6.45) is 0.441. The summed E-state index contributed by atoms with van der Waals surface area (Å²) in [5, 5.41) is 2.60. The highest BCUT2D eigenvalue weighted by Gasteiger charge is 2.41. The van der Waals surface area contributed by atoms with E-state index in [2.05, 4.69) is 0 Å². The Labute approximate surface area is 179 Å². The fourth-order valence-corrected chi connectivity index (χ4v) is 5.28. The summed E-state index contributed by atoms with van der Waals surface area (Å²) in [4.78, 5) is 0.120. The molecule has 0 radical (unpaired) electrons. The fraction of sp³-hybridized carbons (Fsp3) is 0.143. The van der Waals surface area contributed by atoms with Crippen LogP contribution in [0.5, 0.6) is 0 Å². The normalized spacial score (nSPS) is 17.6. The Hall–Kier alpha value is -2.12. The molecule has 1 saturated heterocycles. The second-order valence-electron chi connectivity index (χ2n) is 6.65. The molecule has 1 fully saturated rings. The van der Waals surface area contributed by atoms with Gasteiger partial charge in [0.2, 0.25) is 0 Å². The van der Waals surface area contributed by atoms with Crippen LogP contribution in [0.25, 0.3) is 0 Å². The average Bonchev–Trinajstić information content (AvgIpc) is 3.15. The molecule has 0 N–H and O–H groups in total. The first kappa shape index (κ1) is 20.2. The topological polar surface area (TPSA) is 40.6 Å². The molecule has 4 nitrogen and oxygen atoms in total. The van der Waals surface area contributed by atoms with E-state index >= 15 is 0 Å². The zero-order chi connectivity index (χ0) is 20.6. The van der Waals surface area contributed by atoms with E-state index in [-0.39, 0.29) is 17.3 Å². The van der Waals surface area contributed by atoms with Gasteiger partial charge in [0.25, 0.3) is 10.0 Å². The monoisotopic (exact) mass is 450 g/mol. The first-order valence-corrected chi connectivity index (χ1v) is 11.1. The molecular weight excluding hydrogens is 434 g/mol. The first-order chi connectivity index (χ1) is 13.9. The molecule has 1 unspecified atom stereocenters. The van der Waals surface area contributed by atoms with E-state index in [4.69, 9.17) is 23.2 Å². The maximum absolute atomic E-state index is 14.6. The molecule has 0 aliphatic carbocycles. The maximum atomic E-state index is 14.6. The van der Waals surface area contributed by atoms with Crippen molar-refractivity contribution in [3.8, 4) is 0 Å². The molecule has 1 aliphatic rings. The quantitative estimate of drug-likeness (QED) is 0.512. The van der Waals surface area contributed by atoms with E-state index < -0.39 is 16.1 Å². The minimum Gasteiger partial charge on any atom is -0.285 e. The van der Waals surface area contributed by atoms with Crippen molar-refractivity contribution in [1.29, 1.82) is 0 Å². The van der Waals surface area contributed by atoms with Crippen molar-refractivity contribution in [3.63, 3.8) is 0 Å². The highest BCUT2D eigenvalue weighted by Crippen LogP contribution is 2.40. The first-order valence-electron chi connectivity index (χ1n) is 8.95. The van der Waals surface area contributed by atoms with Gasteiger partial charge in [-0.05, 0) is 61.0 Å². The fourth-order valence-electron chi connectivity index (χ4n) is 3.52. The van der Waals surface area contributed by atoms with Crippen LogP contribution in [0.15, 0.2) is 77.7 Å². The van der Waals surface area contributed by atoms with Gasteiger partial charge in [-0.1, -0.05) is 41.4 Å². The predicted octanol–water partition coefficient (Wildman–Crippen LogP) is 5.69. The van der Waals surface area contributed by atoms with Gasteiger partial charge in [0.15, 0.2) is 0 Å². The van der Waals surface area contributed by atoms with Gasteiger partial charge in [-0.15, -0.1) is 4.41 Å². The molecule has 3 aromatic carbocycles. The number of nitrogens with zero attached hydrogens (tertiary/aromatic N) is 2. The number of halogens is 3. The lowest BCUT2D eigenvalue weighted by Crippen LogP contribution is -2.42. The summed E-state index contributed by atoms with van der Waals surface area (Å²) in [6, 6.07) is 18.8. The van der Waals surface area contributed by atoms with E-state index in [0.717, 1.165) is 0 Å². The van der Waals surface area contributed by atoms with Gasteiger partial charge in [0.05, 0.1) is 16.6 Å². The van der Waals surface area contributed by atoms with Gasteiger partial charge in [0.1, 0.15) is 5.82 Å². The second-order valence-corrected chi connectivity index (χ2v) is 9.37. The van der Waals surface area contributed by atoms with Gasteiger partial charge in [0, 0.05) is 22.2 Å². The molecule has 29 heavy (non-hydrogen) atoms. The van der Waals surface area contributed by atoms with Crippen LogP contribution in [0.2, 0.25) is 10.0 Å². The second kappa shape index (κ2) is 7.95. The Morgan fingerprint density at radius 1 is 0.862 bits per heavy atom. The Morgan fingerprint density at radius 2 is 1.45 bits per heavy atom. The van der Waals surface area contributed by atoms with Crippen molar-refractivity contribution < 1.29 is 12.8 Å². The zero-order valence-corrected chi connectivity index (χ0v) is 17.5. The lowest BCUT2D eigenvalue weighted by Gasteiger charge is -2.34. The smallest absolute Gasteiger partial charge is 0.260 e. The summed E-state index contributed by atoms with van der Waals surface area (Å²) < 4.78 is 42.6. The number of benzene rings is 3. The lowest BCUT2D eigenvalue weighted by atomic mass is 10.0. The van der Waals surface area contributed by atoms with Crippen molar-refractivity contribution in [2.75, 3.05) is 11.6 Å². The van der Waals surface area contributed by atoms with E-state index in [1.54, 1.807) is 47.5 Å². The minimum absolute atomic E-state index is 0.120. The predicted molar refractivity (Wildman–Crippen MR) is 113 cm³/mol. The Kier molecular flexibility index (Phi) is 5.53. The van der Waals surface area contributed by atoms with Gasteiger partial charge in [-0.3, -0.25) is 5.01 Å². The standard InChI is InChI=1S/C21H17Cl2FN2O2S/c22-15-5-9-17(10-6-15)26-21(19-3-1-2-4-20(19)24)13-14-25(26)29(27,28)18-11-7-16(23)8-12-18/h1-12,21H,13-14H2. The Morgan fingerprint density at radius 3 is 2.07 bits per heavy atom. The summed E-state index contributed by atoms with van der Waals surface area (Å²) in [6.45, 7) is 0.215. The number of hydrogen-bond donors (Lipinski definition) is 0. The van der Waals surface area contributed by atoms with Crippen molar-refractivity contribution in [1.82, 2.24) is 4.41 Å². The summed E-state index contributed by atoms with van der Waals surface area (Å²) in [7, 11) is -3.87. The number of rotatable bonds is 4. The Balaban J connectivity index is 1.82. The SMILES string of the molecule is O=S(=O)(c1ccc(Cl)cc1)N1CCC(c2ccccc2F)N1c1ccc(Cl)cc1. The number of sulfonamides is 1. The molecular formula is C21H17Cl2FN2O2S. The molecule has 0 bridgehead atoms. The van der Waals surface area contributed by atoms with Gasteiger partial charge < -0.3 is 0 Å². The molecule has 0 saturated carbocycles. The molecule has 0 amide bonds. The van der Waals surface area contributed by atoms with Crippen LogP contribution in [0.3, 0.4) is 0 Å². The van der Waals surface area contributed by atoms with Crippen LogP contribution in [-0.2, 0) is 10.0 Å². The third-order valence-electron chi connectivity index (χ3n) is 4.87. The van der Waals surface area contributed by atoms with Crippen molar-refractivity contribution in [3.05, 3.63) is 94.2 Å². The van der Waals surface area contributed by atoms with Crippen molar-refractivity contribution in [2.24, 2.45) is 0 Å². The number of anilines is 1. The molecule has 1 heterocycles. The van der Waals surface area contributed by atoms with Crippen LogP contribution in [-0.4, -0.2) is 19.4 Å². The summed E-state index contributed by atoms with van der Waals surface area (Å²) in [5.74, 6) is -0.373. The van der Waals surface area contributed by atoms with E-state index in [1.165, 1.54) is 34.7 Å². The molecule has 8 heteroatoms. The maximum Gasteiger partial charge on any atom is 0.260 e. The van der Waals surface area contributed by atoms with Gasteiger partial charge in [-0.25, -0.2) is 12.8 Å². The molecule has 0 spiro atoms. The molecule has 150 valence electrons. The lowest BCUT2D eigenvalue weighted by molar-refractivity contribution is 0.437. The third kappa shape index (κ3) is 3.85. The molecule has 0 aromatic heterocycles. The summed E-state index contributed by atoms with van der Waals surface area (Å²) >= 11 is 11.9. The third-order valence-corrected chi connectivity index (χ3v) is 7.16. The summed E-state index contributed by atoms with van der Waals surface area (Å²) in [5.41, 5.74) is 1.05. The zero-order valence-electron chi connectivity index (χ0n) is 15.2. The van der Waals surface area contributed by atoms with Gasteiger partial charge >= 0.3 is 0 Å². The average molecular weight is 451 g/mol.